The largest absolute Gasteiger partial charge is 0.368 e. The van der Waals surface area contributed by atoms with E-state index in [2.05, 4.69) is 15.3 Å². The van der Waals surface area contributed by atoms with E-state index < -0.39 is 11.2 Å². The van der Waals surface area contributed by atoms with Crippen molar-refractivity contribution in [2.75, 3.05) is 11.1 Å². The van der Waals surface area contributed by atoms with Gasteiger partial charge in [0.25, 0.3) is 0 Å². The van der Waals surface area contributed by atoms with Crippen LogP contribution >= 0.6 is 11.8 Å². The molecule has 22 heavy (non-hydrogen) atoms. The van der Waals surface area contributed by atoms with Gasteiger partial charge in [-0.15, -0.1) is 0 Å². The normalized spacial score (nSPS) is 11.7. The van der Waals surface area contributed by atoms with E-state index in [1.54, 1.807) is 37.3 Å². The summed E-state index contributed by atoms with van der Waals surface area (Å²) in [7, 11) is 0. The highest BCUT2D eigenvalue weighted by Gasteiger charge is 2.25. The molecule has 114 valence electrons. The number of amides is 1. The van der Waals surface area contributed by atoms with Gasteiger partial charge >= 0.3 is 0 Å². The Hall–Kier alpha value is -2.41. The predicted octanol–water partition coefficient (Wildman–Crippen LogP) is 2.06. The predicted molar refractivity (Wildman–Crippen MR) is 86.6 cm³/mol. The van der Waals surface area contributed by atoms with E-state index in [9.17, 15) is 9.59 Å². The molecule has 0 aliphatic heterocycles. The number of aryl methyl sites for hydroxylation is 1. The molecule has 1 amide bonds. The number of nitrogen functional groups attached to an aromatic ring is 1. The Morgan fingerprint density at radius 3 is 2.50 bits per heavy atom. The number of benzene rings is 1. The summed E-state index contributed by atoms with van der Waals surface area (Å²) in [6.45, 7) is 3.15. The summed E-state index contributed by atoms with van der Waals surface area (Å²) in [4.78, 5) is 32.1. The first-order valence-electron chi connectivity index (χ1n) is 6.60. The minimum atomic E-state index is -0.895. The van der Waals surface area contributed by atoms with Crippen LogP contribution < -0.4 is 11.1 Å². The van der Waals surface area contributed by atoms with Gasteiger partial charge in [-0.3, -0.25) is 9.59 Å². The van der Waals surface area contributed by atoms with Gasteiger partial charge in [-0.25, -0.2) is 9.97 Å². The van der Waals surface area contributed by atoms with E-state index >= 15 is 0 Å². The molecule has 6 nitrogen and oxygen atoms in total. The van der Waals surface area contributed by atoms with Crippen molar-refractivity contribution in [2.45, 2.75) is 24.1 Å². The quantitative estimate of drug-likeness (QED) is 0.498. The number of ketones is 1. The summed E-state index contributed by atoms with van der Waals surface area (Å²) >= 11 is 1.06. The molecule has 1 atom stereocenters. The van der Waals surface area contributed by atoms with Gasteiger partial charge < -0.3 is 11.1 Å². The van der Waals surface area contributed by atoms with Crippen LogP contribution in [0.3, 0.4) is 0 Å². The van der Waals surface area contributed by atoms with E-state index in [1.165, 1.54) is 6.92 Å². The first-order valence-corrected chi connectivity index (χ1v) is 7.48. The Labute approximate surface area is 132 Å². The fourth-order valence-corrected chi connectivity index (χ4v) is 2.75. The number of thioether (sulfide) groups is 1. The van der Waals surface area contributed by atoms with Crippen molar-refractivity contribution in [3.63, 3.8) is 0 Å². The van der Waals surface area contributed by atoms with Gasteiger partial charge in [-0.2, -0.15) is 0 Å². The number of Topliss-reactive ketones (excluding diaryl/α,β-unsaturated/α-hetero) is 1. The molecule has 0 aliphatic carbocycles. The second-order valence-corrected chi connectivity index (χ2v) is 5.79. The SMILES string of the molecule is CC(=O)C(Sc1cc(C)nc(N)n1)C(=O)Nc1ccccc1. The minimum Gasteiger partial charge on any atom is -0.368 e. The summed E-state index contributed by atoms with van der Waals surface area (Å²) in [5.41, 5.74) is 6.91. The van der Waals surface area contributed by atoms with Crippen LogP contribution in [0.25, 0.3) is 0 Å². The monoisotopic (exact) mass is 316 g/mol. The molecule has 1 aromatic carbocycles. The van der Waals surface area contributed by atoms with E-state index in [1.807, 2.05) is 6.07 Å². The van der Waals surface area contributed by atoms with Crippen molar-refractivity contribution in [1.29, 1.82) is 0 Å². The highest BCUT2D eigenvalue weighted by Crippen LogP contribution is 2.24. The number of hydrogen-bond donors (Lipinski definition) is 2. The van der Waals surface area contributed by atoms with Crippen molar-refractivity contribution in [2.24, 2.45) is 0 Å². The second kappa shape index (κ2) is 7.04. The van der Waals surface area contributed by atoms with Gasteiger partial charge in [0.2, 0.25) is 11.9 Å². The maximum Gasteiger partial charge on any atom is 0.245 e. The average molecular weight is 316 g/mol. The van der Waals surface area contributed by atoms with Crippen molar-refractivity contribution < 1.29 is 9.59 Å². The standard InChI is InChI=1S/C15H16N4O2S/c1-9-8-12(19-15(16)17-9)22-13(10(2)20)14(21)18-11-6-4-3-5-7-11/h3-8,13H,1-2H3,(H,18,21)(H2,16,17,19). The van der Waals surface area contributed by atoms with Crippen molar-refractivity contribution in [1.82, 2.24) is 9.97 Å². The molecule has 0 saturated heterocycles. The smallest absolute Gasteiger partial charge is 0.245 e. The number of nitrogens with two attached hydrogens (primary N) is 1. The lowest BCUT2D eigenvalue weighted by molar-refractivity contribution is -0.123. The molecule has 0 fully saturated rings. The first kappa shape index (κ1) is 16.0. The van der Waals surface area contributed by atoms with E-state index in [4.69, 9.17) is 5.73 Å². The molecule has 2 aromatic rings. The van der Waals surface area contributed by atoms with Crippen LogP contribution in [-0.2, 0) is 9.59 Å². The summed E-state index contributed by atoms with van der Waals surface area (Å²) < 4.78 is 0. The first-order chi connectivity index (χ1) is 10.5. The lowest BCUT2D eigenvalue weighted by atomic mass is 10.2. The molecule has 1 aromatic heterocycles. The molecule has 0 saturated carbocycles. The Balaban J connectivity index is 2.16. The third-order valence-corrected chi connectivity index (χ3v) is 3.97. The summed E-state index contributed by atoms with van der Waals surface area (Å²) in [6.07, 6.45) is 0. The van der Waals surface area contributed by atoms with Gasteiger partial charge in [-0.05, 0) is 32.0 Å². The fraction of sp³-hybridized carbons (Fsp3) is 0.200. The van der Waals surface area contributed by atoms with Crippen LogP contribution in [0.5, 0.6) is 0 Å². The van der Waals surface area contributed by atoms with Gasteiger partial charge in [0.05, 0.1) is 0 Å². The number of hydrogen-bond acceptors (Lipinski definition) is 6. The number of nitrogens with one attached hydrogen (secondary N) is 1. The third-order valence-electron chi connectivity index (χ3n) is 2.74. The molecule has 3 N–H and O–H groups in total. The fourth-order valence-electron chi connectivity index (χ4n) is 1.79. The number of rotatable bonds is 5. The highest BCUT2D eigenvalue weighted by molar-refractivity contribution is 8.01. The number of nitrogens with zero attached hydrogens (tertiary/aromatic N) is 2. The van der Waals surface area contributed by atoms with E-state index in [-0.39, 0.29) is 11.7 Å². The number of anilines is 2. The molecular weight excluding hydrogens is 300 g/mol. The van der Waals surface area contributed by atoms with E-state index in [0.29, 0.717) is 16.4 Å². The molecule has 0 radical (unpaired) electrons. The minimum absolute atomic E-state index is 0.119. The molecule has 0 bridgehead atoms. The third kappa shape index (κ3) is 4.29. The van der Waals surface area contributed by atoms with Gasteiger partial charge in [0.1, 0.15) is 10.3 Å². The molecular formula is C15H16N4O2S. The summed E-state index contributed by atoms with van der Waals surface area (Å²) in [6, 6.07) is 10.7. The molecule has 0 aliphatic rings. The van der Waals surface area contributed by atoms with Crippen molar-refractivity contribution in [3.8, 4) is 0 Å². The Morgan fingerprint density at radius 2 is 1.91 bits per heavy atom. The van der Waals surface area contributed by atoms with Crippen LogP contribution in [0.15, 0.2) is 41.4 Å². The Morgan fingerprint density at radius 1 is 1.23 bits per heavy atom. The number of carbonyl (C=O) groups excluding carboxylic acids is 2. The van der Waals surface area contributed by atoms with Gasteiger partial charge in [-0.1, -0.05) is 30.0 Å². The lowest BCUT2D eigenvalue weighted by Gasteiger charge is -2.13. The zero-order chi connectivity index (χ0) is 16.1. The second-order valence-electron chi connectivity index (χ2n) is 4.67. The summed E-state index contributed by atoms with van der Waals surface area (Å²) in [5, 5.41) is 2.32. The van der Waals surface area contributed by atoms with Crippen LogP contribution in [-0.4, -0.2) is 26.9 Å². The Kier molecular flexibility index (Phi) is 5.11. The average Bonchev–Trinajstić information content (AvgIpc) is 2.44. The van der Waals surface area contributed by atoms with Gasteiger partial charge in [0.15, 0.2) is 5.78 Å². The van der Waals surface area contributed by atoms with Crippen LogP contribution in [0.1, 0.15) is 12.6 Å². The van der Waals surface area contributed by atoms with E-state index in [0.717, 1.165) is 11.8 Å². The number of carbonyl (C=O) groups is 2. The lowest BCUT2D eigenvalue weighted by Crippen LogP contribution is -2.31. The molecule has 2 rings (SSSR count). The highest BCUT2D eigenvalue weighted by atomic mass is 32.2. The molecule has 1 unspecified atom stereocenters. The number of para-hydroxylation sites is 1. The topological polar surface area (TPSA) is 98.0 Å². The summed E-state index contributed by atoms with van der Waals surface area (Å²) in [5.74, 6) is -0.528. The van der Waals surface area contributed by atoms with Crippen LogP contribution in [0, 0.1) is 6.92 Å². The van der Waals surface area contributed by atoms with Crippen molar-refractivity contribution in [3.05, 3.63) is 42.1 Å². The maximum absolute atomic E-state index is 12.3. The zero-order valence-electron chi connectivity index (χ0n) is 12.2. The van der Waals surface area contributed by atoms with Gasteiger partial charge in [0, 0.05) is 11.4 Å². The van der Waals surface area contributed by atoms with Crippen molar-refractivity contribution >= 4 is 35.1 Å². The van der Waals surface area contributed by atoms with Crippen LogP contribution in [0.4, 0.5) is 11.6 Å². The molecule has 0 spiro atoms. The molecule has 1 heterocycles. The molecule has 7 heteroatoms. The maximum atomic E-state index is 12.3. The number of aromatic nitrogens is 2. The Bertz CT molecular complexity index is 671. The van der Waals surface area contributed by atoms with Crippen LogP contribution in [0.2, 0.25) is 0 Å². The zero-order valence-corrected chi connectivity index (χ0v) is 13.1.